The molecule has 1 aromatic heterocycles. The maximum Gasteiger partial charge on any atom is 0.290 e. The first kappa shape index (κ1) is 22.7. The molecule has 0 radical (unpaired) electrons. The van der Waals surface area contributed by atoms with Gasteiger partial charge in [-0.25, -0.2) is 13.5 Å². The number of hydrogen-bond donors (Lipinski definition) is 1. The van der Waals surface area contributed by atoms with E-state index in [1.807, 2.05) is 12.1 Å². The second-order valence-electron chi connectivity index (χ2n) is 9.68. The number of rotatable bonds is 4. The van der Waals surface area contributed by atoms with Crippen LogP contribution in [0.4, 0.5) is 20.2 Å². The number of carbonyl (C=O) groups excluding carboxylic acids is 1. The Bertz CT molecular complexity index is 1110. The van der Waals surface area contributed by atoms with E-state index >= 15 is 0 Å². The number of carbonyl (C=O) groups is 1. The Labute approximate surface area is 204 Å². The number of halogens is 3. The van der Waals surface area contributed by atoms with E-state index in [1.54, 1.807) is 6.07 Å². The van der Waals surface area contributed by atoms with Crippen LogP contribution in [0.25, 0.3) is 0 Å². The molecule has 2 aliphatic carbocycles. The monoisotopic (exact) mass is 568 g/mol. The predicted octanol–water partition coefficient (Wildman–Crippen LogP) is 5.23. The molecule has 5 rings (SSSR count). The van der Waals surface area contributed by atoms with Crippen LogP contribution < -0.4 is 15.8 Å². The molecule has 3 aliphatic rings. The lowest BCUT2D eigenvalue weighted by Gasteiger charge is -2.35. The topological polar surface area (TPSA) is 67.2 Å². The first-order chi connectivity index (χ1) is 15.8. The molecule has 1 spiro atoms. The Balaban J connectivity index is 1.36. The number of piperidine rings is 1. The molecule has 2 saturated carbocycles. The number of nitrogens with one attached hydrogen (secondary N) is 1. The van der Waals surface area contributed by atoms with Crippen molar-refractivity contribution in [3.05, 3.63) is 49.9 Å². The zero-order chi connectivity index (χ0) is 23.2. The van der Waals surface area contributed by atoms with Crippen LogP contribution in [-0.2, 0) is 0 Å². The summed E-state index contributed by atoms with van der Waals surface area (Å²) in [5.41, 5.74) is 1.61. The molecule has 6 nitrogen and oxygen atoms in total. The first-order valence-electron chi connectivity index (χ1n) is 11.6. The van der Waals surface area contributed by atoms with Crippen molar-refractivity contribution >= 4 is 39.9 Å². The molecule has 9 heteroatoms. The molecule has 0 unspecified atom stereocenters. The van der Waals surface area contributed by atoms with Crippen molar-refractivity contribution in [2.75, 3.05) is 23.3 Å². The van der Waals surface area contributed by atoms with E-state index < -0.39 is 11.5 Å². The molecule has 2 aromatic rings. The number of anilines is 2. The average molecular weight is 568 g/mol. The predicted molar refractivity (Wildman–Crippen MR) is 131 cm³/mol. The molecule has 1 amide bonds. The Morgan fingerprint density at radius 3 is 2.42 bits per heavy atom. The number of alkyl halides is 2. The van der Waals surface area contributed by atoms with Crippen LogP contribution >= 0.6 is 22.6 Å². The molecule has 1 aromatic carbocycles. The summed E-state index contributed by atoms with van der Waals surface area (Å²) in [6.45, 7) is 1.85. The molecule has 0 atom stereocenters. The first-order valence-corrected chi connectivity index (χ1v) is 12.6. The highest BCUT2D eigenvalue weighted by Crippen LogP contribution is 2.54. The van der Waals surface area contributed by atoms with Gasteiger partial charge in [0.25, 0.3) is 11.5 Å². The Morgan fingerprint density at radius 2 is 1.76 bits per heavy atom. The maximum atomic E-state index is 13.5. The summed E-state index contributed by atoms with van der Waals surface area (Å²) in [6, 6.07) is 6.80. The van der Waals surface area contributed by atoms with Gasteiger partial charge in [0.05, 0.1) is 17.3 Å². The molecule has 176 valence electrons. The van der Waals surface area contributed by atoms with Crippen molar-refractivity contribution in [2.45, 2.75) is 63.3 Å². The summed E-state index contributed by atoms with van der Waals surface area (Å²) in [6.07, 6.45) is 6.23. The zero-order valence-electron chi connectivity index (χ0n) is 18.3. The van der Waals surface area contributed by atoms with E-state index in [2.05, 4.69) is 37.9 Å². The van der Waals surface area contributed by atoms with Crippen LogP contribution in [0, 0.1) is 8.99 Å². The highest BCUT2D eigenvalue weighted by molar-refractivity contribution is 14.1. The molecule has 1 saturated heterocycles. The molecule has 1 N–H and O–H groups in total. The standard InChI is InChI=1S/C24H27F2IN4O2/c25-24(26)6-3-17(4-7-24)31-22(33)19(5-12-28-31)29-21(32)18-2-1-16(27)15-20(18)30-13-10-23(8-9-23)11-14-30/h1-2,5,12,15,17H,3-4,6-11,13-14H2,(H,29,32). The molecular weight excluding hydrogens is 541 g/mol. The summed E-state index contributed by atoms with van der Waals surface area (Å²) in [7, 11) is 0. The van der Waals surface area contributed by atoms with Crippen LogP contribution in [0.2, 0.25) is 0 Å². The van der Waals surface area contributed by atoms with Crippen LogP contribution in [0.1, 0.15) is 67.8 Å². The van der Waals surface area contributed by atoms with E-state index in [9.17, 15) is 18.4 Å². The smallest absolute Gasteiger partial charge is 0.290 e. The lowest BCUT2D eigenvalue weighted by atomic mass is 9.92. The minimum absolute atomic E-state index is 0.118. The van der Waals surface area contributed by atoms with Gasteiger partial charge in [-0.1, -0.05) is 0 Å². The van der Waals surface area contributed by atoms with Gasteiger partial charge in [0.15, 0.2) is 0 Å². The largest absolute Gasteiger partial charge is 0.371 e. The van der Waals surface area contributed by atoms with Gasteiger partial charge in [0.2, 0.25) is 5.92 Å². The van der Waals surface area contributed by atoms with E-state index in [1.165, 1.54) is 29.8 Å². The van der Waals surface area contributed by atoms with Gasteiger partial charge in [-0.2, -0.15) is 5.10 Å². The summed E-state index contributed by atoms with van der Waals surface area (Å²) in [5, 5.41) is 6.87. The third kappa shape index (κ3) is 4.79. The van der Waals surface area contributed by atoms with E-state index in [0.717, 1.165) is 35.2 Å². The fourth-order valence-electron chi connectivity index (χ4n) is 5.10. The van der Waals surface area contributed by atoms with E-state index in [-0.39, 0.29) is 43.3 Å². The summed E-state index contributed by atoms with van der Waals surface area (Å²) < 4.78 is 29.4. The summed E-state index contributed by atoms with van der Waals surface area (Å²) >= 11 is 2.25. The van der Waals surface area contributed by atoms with Crippen LogP contribution in [0.5, 0.6) is 0 Å². The Hall–Kier alpha value is -2.04. The van der Waals surface area contributed by atoms with Crippen molar-refractivity contribution < 1.29 is 13.6 Å². The second kappa shape index (κ2) is 8.63. The van der Waals surface area contributed by atoms with Crippen LogP contribution in [0.15, 0.2) is 35.3 Å². The van der Waals surface area contributed by atoms with Gasteiger partial charge in [-0.15, -0.1) is 0 Å². The van der Waals surface area contributed by atoms with Gasteiger partial charge in [-0.05, 0) is 90.8 Å². The molecular formula is C24H27F2IN4O2. The maximum absolute atomic E-state index is 13.5. The van der Waals surface area contributed by atoms with Gasteiger partial charge in [-0.3, -0.25) is 9.59 Å². The van der Waals surface area contributed by atoms with Crippen molar-refractivity contribution in [3.63, 3.8) is 0 Å². The lowest BCUT2D eigenvalue weighted by molar-refractivity contribution is -0.0454. The fraction of sp³-hybridized carbons (Fsp3) is 0.542. The number of hydrogen-bond acceptors (Lipinski definition) is 4. The summed E-state index contributed by atoms with van der Waals surface area (Å²) in [5.74, 6) is -3.03. The van der Waals surface area contributed by atoms with E-state index in [4.69, 9.17) is 0 Å². The van der Waals surface area contributed by atoms with Crippen LogP contribution in [-0.4, -0.2) is 34.7 Å². The summed E-state index contributed by atoms with van der Waals surface area (Å²) in [4.78, 5) is 28.5. The van der Waals surface area contributed by atoms with Crippen molar-refractivity contribution in [1.29, 1.82) is 0 Å². The molecule has 1 aliphatic heterocycles. The van der Waals surface area contributed by atoms with Gasteiger partial charge in [0, 0.05) is 35.7 Å². The number of aromatic nitrogens is 2. The highest BCUT2D eigenvalue weighted by atomic mass is 127. The minimum atomic E-state index is -2.68. The molecule has 0 bridgehead atoms. The fourth-order valence-corrected chi connectivity index (χ4v) is 5.57. The average Bonchev–Trinajstić information content (AvgIpc) is 3.54. The van der Waals surface area contributed by atoms with Crippen molar-refractivity contribution in [3.8, 4) is 0 Å². The minimum Gasteiger partial charge on any atom is -0.371 e. The number of nitrogens with zero attached hydrogens (tertiary/aromatic N) is 3. The van der Waals surface area contributed by atoms with Crippen molar-refractivity contribution in [1.82, 2.24) is 9.78 Å². The number of amides is 1. The lowest BCUT2D eigenvalue weighted by Crippen LogP contribution is -2.36. The van der Waals surface area contributed by atoms with Gasteiger partial charge < -0.3 is 10.2 Å². The number of benzene rings is 1. The molecule has 33 heavy (non-hydrogen) atoms. The zero-order valence-corrected chi connectivity index (χ0v) is 20.5. The Morgan fingerprint density at radius 1 is 1.06 bits per heavy atom. The second-order valence-corrected chi connectivity index (χ2v) is 10.9. The van der Waals surface area contributed by atoms with Gasteiger partial charge >= 0.3 is 0 Å². The normalized spacial score (nSPS) is 21.7. The third-order valence-electron chi connectivity index (χ3n) is 7.48. The SMILES string of the molecule is O=C(Nc1ccnn(C2CCC(F)(F)CC2)c1=O)c1ccc(I)cc1N1CCC2(CC1)CC2. The quantitative estimate of drug-likeness (QED) is 0.514. The Kier molecular flexibility index (Phi) is 5.95. The van der Waals surface area contributed by atoms with Crippen molar-refractivity contribution in [2.24, 2.45) is 5.41 Å². The van der Waals surface area contributed by atoms with Crippen LogP contribution in [0.3, 0.4) is 0 Å². The molecule has 3 fully saturated rings. The molecule has 2 heterocycles. The highest BCUT2D eigenvalue weighted by Gasteiger charge is 2.44. The van der Waals surface area contributed by atoms with Gasteiger partial charge in [0.1, 0.15) is 5.69 Å². The third-order valence-corrected chi connectivity index (χ3v) is 8.15. The van der Waals surface area contributed by atoms with E-state index in [0.29, 0.717) is 11.0 Å².